The zero-order valence-electron chi connectivity index (χ0n) is 16.7. The topological polar surface area (TPSA) is 48.5 Å². The van der Waals surface area contributed by atoms with Crippen molar-refractivity contribution in [2.45, 2.75) is 32.7 Å². The van der Waals surface area contributed by atoms with Crippen LogP contribution >= 0.6 is 11.6 Å². The first-order valence-corrected chi connectivity index (χ1v) is 9.93. The lowest BCUT2D eigenvalue weighted by atomic mass is 10.0. The molecule has 0 radical (unpaired) electrons. The van der Waals surface area contributed by atoms with Crippen LogP contribution in [0, 0.1) is 0 Å². The van der Waals surface area contributed by atoms with Gasteiger partial charge < -0.3 is 15.1 Å². The molecule has 1 aliphatic rings. The van der Waals surface area contributed by atoms with Gasteiger partial charge in [-0.25, -0.2) is 9.78 Å². The predicted octanol–water partition coefficient (Wildman–Crippen LogP) is 5.16. The number of aromatic nitrogens is 1. The van der Waals surface area contributed by atoms with Crippen molar-refractivity contribution in [3.8, 4) is 0 Å². The number of hydrogen-bond donors (Lipinski definition) is 1. The Kier molecular flexibility index (Phi) is 6.25. The lowest BCUT2D eigenvalue weighted by Gasteiger charge is -2.42. The molecule has 1 aromatic heterocycles. The van der Waals surface area contributed by atoms with E-state index in [0.717, 1.165) is 17.1 Å². The van der Waals surface area contributed by atoms with Crippen LogP contribution in [0.4, 0.5) is 16.3 Å². The third-order valence-corrected chi connectivity index (χ3v) is 5.37. The number of urea groups is 1. The number of anilines is 2. The fraction of sp³-hybridized carbons (Fsp3) is 0.364. The largest absolute Gasteiger partial charge is 0.351 e. The average molecular weight is 399 g/mol. The quantitative estimate of drug-likeness (QED) is 0.724. The second kappa shape index (κ2) is 8.65. The van der Waals surface area contributed by atoms with E-state index in [1.54, 1.807) is 6.20 Å². The van der Waals surface area contributed by atoms with Gasteiger partial charge in [-0.1, -0.05) is 49.7 Å². The molecule has 1 atom stereocenters. The molecule has 2 amide bonds. The summed E-state index contributed by atoms with van der Waals surface area (Å²) in [6.07, 6.45) is 1.73. The highest BCUT2D eigenvalue weighted by atomic mass is 35.5. The van der Waals surface area contributed by atoms with Gasteiger partial charge in [0.2, 0.25) is 0 Å². The number of carbonyl (C=O) groups is 1. The second-order valence-electron chi connectivity index (χ2n) is 7.52. The number of rotatable bonds is 4. The van der Waals surface area contributed by atoms with Gasteiger partial charge in [0.25, 0.3) is 0 Å². The number of piperazine rings is 1. The summed E-state index contributed by atoms with van der Waals surface area (Å²) in [6.45, 7) is 12.2. The Bertz CT molecular complexity index is 850. The van der Waals surface area contributed by atoms with E-state index in [2.05, 4.69) is 47.8 Å². The van der Waals surface area contributed by atoms with Crippen molar-refractivity contribution in [2.24, 2.45) is 0 Å². The number of amides is 2. The summed E-state index contributed by atoms with van der Waals surface area (Å²) in [6, 6.07) is 11.4. The molecule has 0 aliphatic carbocycles. The minimum absolute atomic E-state index is 0.109. The fourth-order valence-electron chi connectivity index (χ4n) is 3.40. The second-order valence-corrected chi connectivity index (χ2v) is 7.92. The van der Waals surface area contributed by atoms with Crippen molar-refractivity contribution >= 4 is 29.1 Å². The molecule has 148 valence electrons. The predicted molar refractivity (Wildman–Crippen MR) is 116 cm³/mol. The highest BCUT2D eigenvalue weighted by molar-refractivity contribution is 6.32. The van der Waals surface area contributed by atoms with Gasteiger partial charge in [0.1, 0.15) is 5.82 Å². The Morgan fingerprint density at radius 2 is 1.96 bits per heavy atom. The molecule has 2 heterocycles. The van der Waals surface area contributed by atoms with Crippen LogP contribution in [0.3, 0.4) is 0 Å². The number of nitrogens with zero attached hydrogens (tertiary/aromatic N) is 3. The molecule has 1 unspecified atom stereocenters. The van der Waals surface area contributed by atoms with Gasteiger partial charge >= 0.3 is 6.03 Å². The van der Waals surface area contributed by atoms with Crippen molar-refractivity contribution in [1.29, 1.82) is 0 Å². The molecule has 1 N–H and O–H groups in total. The number of pyridine rings is 1. The molecule has 3 rings (SSSR count). The van der Waals surface area contributed by atoms with Crippen molar-refractivity contribution in [1.82, 2.24) is 9.88 Å². The van der Waals surface area contributed by atoms with Gasteiger partial charge in [-0.15, -0.1) is 0 Å². The first kappa shape index (κ1) is 20.2. The number of hydrogen-bond acceptors (Lipinski definition) is 3. The fourth-order valence-corrected chi connectivity index (χ4v) is 3.64. The minimum atomic E-state index is -0.114. The summed E-state index contributed by atoms with van der Waals surface area (Å²) in [5.41, 5.74) is 2.98. The molecule has 1 aromatic carbocycles. The van der Waals surface area contributed by atoms with Gasteiger partial charge in [0.15, 0.2) is 0 Å². The van der Waals surface area contributed by atoms with E-state index in [-0.39, 0.29) is 12.1 Å². The van der Waals surface area contributed by atoms with E-state index < -0.39 is 0 Å². The van der Waals surface area contributed by atoms with Gasteiger partial charge in [-0.05, 0) is 42.7 Å². The lowest BCUT2D eigenvalue weighted by molar-refractivity contribution is 0.189. The van der Waals surface area contributed by atoms with Gasteiger partial charge in [-0.3, -0.25) is 0 Å². The molecular formula is C22H27ClN4O. The Balaban J connectivity index is 1.72. The Labute approximate surface area is 172 Å². The monoisotopic (exact) mass is 398 g/mol. The van der Waals surface area contributed by atoms with Crippen molar-refractivity contribution in [2.75, 3.05) is 29.9 Å². The van der Waals surface area contributed by atoms with E-state index in [9.17, 15) is 4.79 Å². The molecule has 0 saturated carbocycles. The number of nitrogens with one attached hydrogen (secondary N) is 1. The summed E-state index contributed by atoms with van der Waals surface area (Å²) in [5, 5.41) is 3.63. The summed E-state index contributed by atoms with van der Waals surface area (Å²) < 4.78 is 0. The lowest BCUT2D eigenvalue weighted by Crippen LogP contribution is -2.57. The summed E-state index contributed by atoms with van der Waals surface area (Å²) >= 11 is 6.31. The number of halogens is 1. The van der Waals surface area contributed by atoms with Crippen LogP contribution in [0.15, 0.2) is 54.7 Å². The van der Waals surface area contributed by atoms with E-state index in [1.165, 1.54) is 5.56 Å². The summed E-state index contributed by atoms with van der Waals surface area (Å²) in [4.78, 5) is 21.3. The van der Waals surface area contributed by atoms with Crippen LogP contribution in [0.2, 0.25) is 5.02 Å². The van der Waals surface area contributed by atoms with E-state index in [4.69, 9.17) is 11.6 Å². The van der Waals surface area contributed by atoms with Gasteiger partial charge in [0.05, 0.1) is 11.1 Å². The van der Waals surface area contributed by atoms with E-state index in [1.807, 2.05) is 36.1 Å². The zero-order valence-corrected chi connectivity index (χ0v) is 17.4. The molecule has 28 heavy (non-hydrogen) atoms. The zero-order chi connectivity index (χ0) is 20.3. The SMILES string of the molecule is C=C(C)C1CN(c2ncccc2Cl)CCN1C(=O)Nc1ccc(C(C)C)cc1. The number of carbonyl (C=O) groups excluding carboxylic acids is 1. The van der Waals surface area contributed by atoms with E-state index in [0.29, 0.717) is 30.6 Å². The molecule has 1 fully saturated rings. The molecular weight excluding hydrogens is 372 g/mol. The smallest absolute Gasteiger partial charge is 0.322 e. The standard InChI is InChI=1S/C22H27ClN4O/c1-15(2)17-7-9-18(10-8-17)25-22(28)27-13-12-26(14-20(27)16(3)4)21-19(23)6-5-11-24-21/h5-11,15,20H,3,12-14H2,1-2,4H3,(H,25,28). The molecule has 6 heteroatoms. The Hall–Kier alpha value is -2.53. The number of benzene rings is 1. The average Bonchev–Trinajstić information content (AvgIpc) is 2.68. The van der Waals surface area contributed by atoms with Crippen LogP contribution in [-0.4, -0.2) is 41.6 Å². The molecule has 1 aliphatic heterocycles. The third-order valence-electron chi connectivity index (χ3n) is 5.08. The van der Waals surface area contributed by atoms with Crippen LogP contribution in [-0.2, 0) is 0 Å². The van der Waals surface area contributed by atoms with Crippen molar-refractivity contribution in [3.05, 3.63) is 65.3 Å². The first-order chi connectivity index (χ1) is 13.4. The Morgan fingerprint density at radius 3 is 2.57 bits per heavy atom. The third kappa shape index (κ3) is 4.47. The van der Waals surface area contributed by atoms with Crippen molar-refractivity contribution < 1.29 is 4.79 Å². The maximum atomic E-state index is 12.9. The highest BCUT2D eigenvalue weighted by Gasteiger charge is 2.32. The van der Waals surface area contributed by atoms with Crippen LogP contribution in [0.1, 0.15) is 32.3 Å². The van der Waals surface area contributed by atoms with Crippen LogP contribution < -0.4 is 10.2 Å². The van der Waals surface area contributed by atoms with Gasteiger partial charge in [-0.2, -0.15) is 0 Å². The van der Waals surface area contributed by atoms with E-state index >= 15 is 0 Å². The molecule has 5 nitrogen and oxygen atoms in total. The summed E-state index contributed by atoms with van der Waals surface area (Å²) in [5.74, 6) is 1.21. The normalized spacial score (nSPS) is 17.0. The van der Waals surface area contributed by atoms with Gasteiger partial charge in [0, 0.05) is 31.5 Å². The van der Waals surface area contributed by atoms with Crippen LogP contribution in [0.5, 0.6) is 0 Å². The maximum Gasteiger partial charge on any atom is 0.322 e. The Morgan fingerprint density at radius 1 is 1.25 bits per heavy atom. The first-order valence-electron chi connectivity index (χ1n) is 9.55. The molecule has 0 spiro atoms. The summed E-state index contributed by atoms with van der Waals surface area (Å²) in [7, 11) is 0. The highest BCUT2D eigenvalue weighted by Crippen LogP contribution is 2.27. The van der Waals surface area contributed by atoms with Crippen LogP contribution in [0.25, 0.3) is 0 Å². The molecule has 1 saturated heterocycles. The minimum Gasteiger partial charge on any atom is -0.351 e. The maximum absolute atomic E-state index is 12.9. The molecule has 0 bridgehead atoms. The van der Waals surface area contributed by atoms with Crippen molar-refractivity contribution in [3.63, 3.8) is 0 Å². The molecule has 2 aromatic rings.